The van der Waals surface area contributed by atoms with Gasteiger partial charge in [0.1, 0.15) is 0 Å². The maximum Gasteiger partial charge on any atom is 0.0103 e. The molecule has 3 saturated carbocycles. The molecule has 86 valence electrons. The van der Waals surface area contributed by atoms with Gasteiger partial charge in [0.15, 0.2) is 0 Å². The Morgan fingerprint density at radius 1 is 1.13 bits per heavy atom. The molecule has 0 heterocycles. The molecule has 0 saturated heterocycles. The number of hydrogen-bond donors (Lipinski definition) is 1. The van der Waals surface area contributed by atoms with Crippen LogP contribution in [0.4, 0.5) is 0 Å². The lowest BCUT2D eigenvalue weighted by Gasteiger charge is -2.33. The van der Waals surface area contributed by atoms with Gasteiger partial charge >= 0.3 is 0 Å². The summed E-state index contributed by atoms with van der Waals surface area (Å²) < 4.78 is 0. The lowest BCUT2D eigenvalue weighted by Crippen LogP contribution is -2.43. The zero-order chi connectivity index (χ0) is 10.4. The smallest absolute Gasteiger partial charge is 0.0103 e. The second-order valence-electron chi connectivity index (χ2n) is 6.24. The van der Waals surface area contributed by atoms with E-state index >= 15 is 0 Å². The lowest BCUT2D eigenvalue weighted by molar-refractivity contribution is 0.199. The minimum atomic E-state index is 0.731. The molecule has 0 amide bonds. The van der Waals surface area contributed by atoms with Crippen LogP contribution in [0.5, 0.6) is 0 Å². The van der Waals surface area contributed by atoms with Crippen molar-refractivity contribution in [3.8, 4) is 0 Å². The zero-order valence-electron chi connectivity index (χ0n) is 10.2. The van der Waals surface area contributed by atoms with Gasteiger partial charge < -0.3 is 5.32 Å². The highest BCUT2D eigenvalue weighted by molar-refractivity contribution is 5.05. The molecule has 3 rings (SSSR count). The van der Waals surface area contributed by atoms with E-state index in [2.05, 4.69) is 19.2 Å². The molecular formula is C14H25N. The van der Waals surface area contributed by atoms with E-state index in [1.807, 2.05) is 0 Å². The van der Waals surface area contributed by atoms with E-state index in [0.29, 0.717) is 0 Å². The number of rotatable bonds is 3. The lowest BCUT2D eigenvalue weighted by atomic mass is 9.79. The van der Waals surface area contributed by atoms with Gasteiger partial charge in [-0.15, -0.1) is 0 Å². The average molecular weight is 207 g/mol. The first-order valence-corrected chi connectivity index (χ1v) is 7.05. The molecular weight excluding hydrogens is 182 g/mol. The van der Waals surface area contributed by atoms with Crippen molar-refractivity contribution in [2.24, 2.45) is 23.7 Å². The minimum Gasteiger partial charge on any atom is -0.311 e. The minimum absolute atomic E-state index is 0.731. The van der Waals surface area contributed by atoms with Gasteiger partial charge in [0.2, 0.25) is 0 Å². The molecule has 0 spiro atoms. The van der Waals surface area contributed by atoms with Crippen LogP contribution < -0.4 is 5.32 Å². The highest BCUT2D eigenvalue weighted by Gasteiger charge is 2.53. The first-order valence-electron chi connectivity index (χ1n) is 7.05. The third kappa shape index (κ3) is 1.54. The highest BCUT2D eigenvalue weighted by atomic mass is 15.0. The van der Waals surface area contributed by atoms with Crippen molar-refractivity contribution in [1.82, 2.24) is 5.32 Å². The number of hydrogen-bond acceptors (Lipinski definition) is 1. The van der Waals surface area contributed by atoms with Gasteiger partial charge in [0.05, 0.1) is 0 Å². The van der Waals surface area contributed by atoms with E-state index in [0.717, 1.165) is 35.8 Å². The van der Waals surface area contributed by atoms with Crippen LogP contribution in [0.2, 0.25) is 0 Å². The summed E-state index contributed by atoms with van der Waals surface area (Å²) in [6.07, 6.45) is 8.96. The third-order valence-electron chi connectivity index (χ3n) is 5.54. The Bertz CT molecular complexity index is 237. The van der Waals surface area contributed by atoms with Crippen LogP contribution in [0, 0.1) is 23.7 Å². The number of fused-ring (bicyclic) bond motifs is 5. The first kappa shape index (κ1) is 10.1. The summed E-state index contributed by atoms with van der Waals surface area (Å²) in [6.45, 7) is 4.64. The Morgan fingerprint density at radius 2 is 1.93 bits per heavy atom. The number of nitrogens with one attached hydrogen (secondary N) is 1. The molecule has 3 aliphatic rings. The van der Waals surface area contributed by atoms with Crippen molar-refractivity contribution < 1.29 is 0 Å². The van der Waals surface area contributed by atoms with E-state index in [-0.39, 0.29) is 0 Å². The molecule has 0 aromatic heterocycles. The maximum absolute atomic E-state index is 3.87. The Labute approximate surface area is 94.0 Å². The van der Waals surface area contributed by atoms with Gasteiger partial charge in [-0.25, -0.2) is 0 Å². The predicted molar refractivity (Wildman–Crippen MR) is 63.7 cm³/mol. The largest absolute Gasteiger partial charge is 0.311 e. The van der Waals surface area contributed by atoms with Crippen LogP contribution in [-0.2, 0) is 0 Å². The molecule has 1 N–H and O–H groups in total. The van der Waals surface area contributed by atoms with Crippen LogP contribution in [0.1, 0.15) is 52.4 Å². The van der Waals surface area contributed by atoms with Crippen molar-refractivity contribution in [1.29, 1.82) is 0 Å². The average Bonchev–Trinajstić information content (AvgIpc) is 2.87. The molecule has 15 heavy (non-hydrogen) atoms. The Kier molecular flexibility index (Phi) is 2.54. The van der Waals surface area contributed by atoms with E-state index in [4.69, 9.17) is 0 Å². The molecule has 2 bridgehead atoms. The normalized spacial score (nSPS) is 49.6. The van der Waals surface area contributed by atoms with Crippen LogP contribution in [0.3, 0.4) is 0 Å². The van der Waals surface area contributed by atoms with Crippen LogP contribution in [-0.4, -0.2) is 12.1 Å². The summed E-state index contributed by atoms with van der Waals surface area (Å²) in [5.41, 5.74) is 0. The standard InChI is InChI=1S/C14H25N/c1-3-9(2)15-14-8-10-7-13(14)12-6-4-5-11(10)12/h9-15H,3-8H2,1-2H3/t9-,10+,11-,12-,13-,14+/m0/s1. The van der Waals surface area contributed by atoms with Gasteiger partial charge in [0, 0.05) is 12.1 Å². The van der Waals surface area contributed by atoms with Crippen molar-refractivity contribution in [2.45, 2.75) is 64.5 Å². The van der Waals surface area contributed by atoms with Gasteiger partial charge in [-0.05, 0) is 62.7 Å². The molecule has 3 fully saturated rings. The molecule has 1 heteroatoms. The summed E-state index contributed by atoms with van der Waals surface area (Å²) in [6, 6.07) is 1.61. The van der Waals surface area contributed by atoms with E-state index in [9.17, 15) is 0 Å². The molecule has 1 nitrogen and oxygen atoms in total. The Morgan fingerprint density at radius 3 is 2.73 bits per heavy atom. The summed E-state index contributed by atoms with van der Waals surface area (Å²) in [7, 11) is 0. The van der Waals surface area contributed by atoms with Crippen molar-refractivity contribution in [2.75, 3.05) is 0 Å². The molecule has 3 aliphatic carbocycles. The fourth-order valence-corrected chi connectivity index (χ4v) is 4.74. The Balaban J connectivity index is 1.65. The van der Waals surface area contributed by atoms with Gasteiger partial charge in [-0.1, -0.05) is 13.3 Å². The van der Waals surface area contributed by atoms with E-state index in [1.165, 1.54) is 19.3 Å². The third-order valence-corrected chi connectivity index (χ3v) is 5.54. The zero-order valence-corrected chi connectivity index (χ0v) is 10.2. The van der Waals surface area contributed by atoms with E-state index < -0.39 is 0 Å². The SMILES string of the molecule is CC[C@H](C)N[C@@H]1C[C@H]2C[C@H]1[C@H]1CCC[C@@H]21. The summed E-state index contributed by atoms with van der Waals surface area (Å²) in [4.78, 5) is 0. The maximum atomic E-state index is 3.87. The molecule has 6 atom stereocenters. The molecule has 0 aliphatic heterocycles. The fourth-order valence-electron chi connectivity index (χ4n) is 4.74. The summed E-state index contributed by atoms with van der Waals surface area (Å²) in [5, 5.41) is 3.87. The monoisotopic (exact) mass is 207 g/mol. The van der Waals surface area contributed by atoms with Gasteiger partial charge in [-0.2, -0.15) is 0 Å². The Hall–Kier alpha value is -0.0400. The molecule has 0 radical (unpaired) electrons. The molecule has 0 aromatic rings. The topological polar surface area (TPSA) is 12.0 Å². The van der Waals surface area contributed by atoms with Crippen LogP contribution in [0.25, 0.3) is 0 Å². The molecule has 0 unspecified atom stereocenters. The van der Waals surface area contributed by atoms with E-state index in [1.54, 1.807) is 19.3 Å². The van der Waals surface area contributed by atoms with Crippen LogP contribution >= 0.6 is 0 Å². The summed E-state index contributed by atoms with van der Waals surface area (Å²) in [5.74, 6) is 4.41. The molecule has 0 aromatic carbocycles. The van der Waals surface area contributed by atoms with Gasteiger partial charge in [-0.3, -0.25) is 0 Å². The fraction of sp³-hybridized carbons (Fsp3) is 1.00. The van der Waals surface area contributed by atoms with Crippen molar-refractivity contribution in [3.05, 3.63) is 0 Å². The van der Waals surface area contributed by atoms with Gasteiger partial charge in [0.25, 0.3) is 0 Å². The second-order valence-corrected chi connectivity index (χ2v) is 6.24. The predicted octanol–water partition coefficient (Wildman–Crippen LogP) is 3.20. The summed E-state index contributed by atoms with van der Waals surface area (Å²) >= 11 is 0. The quantitative estimate of drug-likeness (QED) is 0.749. The van der Waals surface area contributed by atoms with Crippen LogP contribution in [0.15, 0.2) is 0 Å². The second kappa shape index (κ2) is 3.76. The highest BCUT2D eigenvalue weighted by Crippen LogP contribution is 2.58. The van der Waals surface area contributed by atoms with Crippen molar-refractivity contribution in [3.63, 3.8) is 0 Å². The first-order chi connectivity index (χ1) is 7.29. The van der Waals surface area contributed by atoms with Crippen molar-refractivity contribution >= 4 is 0 Å².